The van der Waals surface area contributed by atoms with Crippen LogP contribution >= 0.6 is 0 Å². The lowest BCUT2D eigenvalue weighted by atomic mass is 10.3. The van der Waals surface area contributed by atoms with E-state index in [1.165, 1.54) is 0 Å². The molecular formula is C4H4N4O4. The van der Waals surface area contributed by atoms with Gasteiger partial charge in [-0.15, -0.1) is 0 Å². The van der Waals surface area contributed by atoms with Crippen LogP contribution in [-0.4, -0.2) is 33.6 Å². The molecule has 4 amide bonds. The number of carbonyl (C=O) groups is 4. The number of rotatable bonds is 0. The Bertz CT molecular complexity index is 271. The Kier molecular flexibility index (Phi) is 1.63. The van der Waals surface area contributed by atoms with Crippen LogP contribution in [0.2, 0.25) is 0 Å². The molecule has 12 heavy (non-hydrogen) atoms. The molecule has 1 rings (SSSR count). The first-order valence-electron chi connectivity index (χ1n) is 2.73. The van der Waals surface area contributed by atoms with Crippen molar-refractivity contribution in [1.82, 2.24) is 10.0 Å². The summed E-state index contributed by atoms with van der Waals surface area (Å²) in [5, 5.41) is -0.0481. The monoisotopic (exact) mass is 172 g/mol. The normalized spacial score (nSPS) is 19.2. The van der Waals surface area contributed by atoms with E-state index in [0.717, 1.165) is 0 Å². The number of imide groups is 2. The molecule has 0 unspecified atom stereocenters. The van der Waals surface area contributed by atoms with E-state index < -0.39 is 23.6 Å². The maximum atomic E-state index is 10.7. The van der Waals surface area contributed by atoms with Crippen LogP contribution in [0.5, 0.6) is 0 Å². The molecule has 0 aliphatic carbocycles. The second kappa shape index (κ2) is 2.36. The molecule has 0 aromatic heterocycles. The third-order valence-corrected chi connectivity index (χ3v) is 1.24. The highest BCUT2D eigenvalue weighted by molar-refractivity contribution is 6.66. The predicted octanol–water partition coefficient (Wildman–Crippen LogP) is -2.91. The van der Waals surface area contributed by atoms with Crippen LogP contribution in [0.1, 0.15) is 0 Å². The van der Waals surface area contributed by atoms with Gasteiger partial charge in [0, 0.05) is 0 Å². The summed E-state index contributed by atoms with van der Waals surface area (Å²) >= 11 is 0. The van der Waals surface area contributed by atoms with Gasteiger partial charge in [-0.05, 0) is 0 Å². The number of carbonyl (C=O) groups excluding carboxylic acids is 4. The van der Waals surface area contributed by atoms with Crippen molar-refractivity contribution in [3.63, 3.8) is 0 Å². The van der Waals surface area contributed by atoms with Gasteiger partial charge in [-0.3, -0.25) is 14.4 Å². The summed E-state index contributed by atoms with van der Waals surface area (Å²) in [5.74, 6) is 5.41. The summed E-state index contributed by atoms with van der Waals surface area (Å²) in [4.78, 5) is 42.5. The minimum absolute atomic E-state index is 0.0241. The van der Waals surface area contributed by atoms with Gasteiger partial charge in [-0.1, -0.05) is 0 Å². The molecule has 0 saturated carbocycles. The summed E-state index contributed by atoms with van der Waals surface area (Å²) < 4.78 is 0. The van der Waals surface area contributed by atoms with E-state index in [4.69, 9.17) is 11.7 Å². The van der Waals surface area contributed by atoms with Crippen molar-refractivity contribution in [1.29, 1.82) is 0 Å². The number of barbiturate groups is 1. The number of nitrogens with two attached hydrogens (primary N) is 2. The summed E-state index contributed by atoms with van der Waals surface area (Å²) in [6.07, 6.45) is 0. The summed E-state index contributed by atoms with van der Waals surface area (Å²) in [6.45, 7) is 0. The highest BCUT2D eigenvalue weighted by Crippen LogP contribution is 2.00. The summed E-state index contributed by atoms with van der Waals surface area (Å²) in [6, 6.07) is -1.23. The van der Waals surface area contributed by atoms with E-state index in [1.54, 1.807) is 0 Å². The lowest BCUT2D eigenvalue weighted by Crippen LogP contribution is -2.64. The third kappa shape index (κ3) is 0.863. The molecule has 0 atom stereocenters. The van der Waals surface area contributed by atoms with Crippen LogP contribution in [0.25, 0.3) is 0 Å². The summed E-state index contributed by atoms with van der Waals surface area (Å²) in [7, 11) is 0. The lowest BCUT2D eigenvalue weighted by molar-refractivity contribution is -0.155. The second-order valence-electron chi connectivity index (χ2n) is 1.96. The number of ketones is 1. The lowest BCUT2D eigenvalue weighted by Gasteiger charge is -2.24. The Labute approximate surface area is 65.6 Å². The molecule has 0 aromatic carbocycles. The predicted molar refractivity (Wildman–Crippen MR) is 32.5 cm³/mol. The molecule has 4 N–H and O–H groups in total. The standard InChI is InChI=1S/C4H4N4O4/c5-7-2(10)1(9)3(11)8(6)4(7)12/h5-6H2. The van der Waals surface area contributed by atoms with E-state index in [-0.39, 0.29) is 10.0 Å². The average molecular weight is 172 g/mol. The van der Waals surface area contributed by atoms with Gasteiger partial charge < -0.3 is 0 Å². The van der Waals surface area contributed by atoms with Crippen molar-refractivity contribution < 1.29 is 19.2 Å². The van der Waals surface area contributed by atoms with E-state index in [1.807, 2.05) is 0 Å². The van der Waals surface area contributed by atoms with E-state index in [9.17, 15) is 19.2 Å². The van der Waals surface area contributed by atoms with Crippen molar-refractivity contribution >= 4 is 23.6 Å². The molecule has 0 aromatic rings. The van der Waals surface area contributed by atoms with Crippen LogP contribution in [0.15, 0.2) is 0 Å². The molecule has 1 heterocycles. The maximum Gasteiger partial charge on any atom is 0.363 e. The number of nitrogens with zero attached hydrogens (tertiary/aromatic N) is 2. The van der Waals surface area contributed by atoms with Gasteiger partial charge in [-0.25, -0.2) is 16.5 Å². The van der Waals surface area contributed by atoms with Gasteiger partial charge in [0.2, 0.25) is 0 Å². The van der Waals surface area contributed by atoms with Gasteiger partial charge in [0.1, 0.15) is 0 Å². The van der Waals surface area contributed by atoms with E-state index in [2.05, 4.69) is 0 Å². The first-order chi connectivity index (χ1) is 5.46. The molecule has 0 radical (unpaired) electrons. The van der Waals surface area contributed by atoms with Gasteiger partial charge in [0.05, 0.1) is 0 Å². The summed E-state index contributed by atoms with van der Waals surface area (Å²) in [5.41, 5.74) is 0. The highest BCUT2D eigenvalue weighted by atomic mass is 16.2. The molecule has 0 bridgehead atoms. The van der Waals surface area contributed by atoms with Gasteiger partial charge in [0.25, 0.3) is 0 Å². The zero-order valence-electron chi connectivity index (χ0n) is 5.68. The molecule has 1 aliphatic heterocycles. The SMILES string of the molecule is NN1C(=O)C(=O)C(=O)N(N)C1=O. The molecule has 0 spiro atoms. The Hall–Kier alpha value is -1.80. The zero-order chi connectivity index (χ0) is 9.46. The molecule has 1 aliphatic rings. The molecular weight excluding hydrogens is 168 g/mol. The highest BCUT2D eigenvalue weighted by Gasteiger charge is 2.42. The van der Waals surface area contributed by atoms with Crippen LogP contribution in [0.3, 0.4) is 0 Å². The van der Waals surface area contributed by atoms with E-state index >= 15 is 0 Å². The molecule has 1 saturated heterocycles. The Morgan fingerprint density at radius 1 is 0.833 bits per heavy atom. The number of hydrazine groups is 2. The fourth-order valence-corrected chi connectivity index (χ4v) is 0.600. The fraction of sp³-hybridized carbons (Fsp3) is 0. The van der Waals surface area contributed by atoms with Crippen LogP contribution in [-0.2, 0) is 14.4 Å². The number of Topliss-reactive ketones (excluding diaryl/α,β-unsaturated/α-hetero) is 1. The number of urea groups is 1. The first-order valence-corrected chi connectivity index (χ1v) is 2.73. The van der Waals surface area contributed by atoms with Crippen LogP contribution in [0.4, 0.5) is 4.79 Å². The Morgan fingerprint density at radius 2 is 1.17 bits per heavy atom. The molecule has 8 heteroatoms. The van der Waals surface area contributed by atoms with Crippen LogP contribution < -0.4 is 11.7 Å². The minimum Gasteiger partial charge on any atom is -0.277 e. The van der Waals surface area contributed by atoms with Gasteiger partial charge >= 0.3 is 23.6 Å². The molecule has 1 fully saturated rings. The fourth-order valence-electron chi connectivity index (χ4n) is 0.600. The minimum atomic E-state index is -1.43. The maximum absolute atomic E-state index is 10.7. The van der Waals surface area contributed by atoms with Crippen molar-refractivity contribution in [2.45, 2.75) is 0 Å². The smallest absolute Gasteiger partial charge is 0.277 e. The second-order valence-corrected chi connectivity index (χ2v) is 1.96. The van der Waals surface area contributed by atoms with Gasteiger partial charge in [-0.2, -0.15) is 10.0 Å². The number of amides is 4. The Morgan fingerprint density at radius 3 is 1.50 bits per heavy atom. The van der Waals surface area contributed by atoms with E-state index in [0.29, 0.717) is 0 Å². The topological polar surface area (TPSA) is 127 Å². The molecule has 64 valence electrons. The largest absolute Gasteiger partial charge is 0.363 e. The van der Waals surface area contributed by atoms with Crippen molar-refractivity contribution in [2.24, 2.45) is 11.7 Å². The van der Waals surface area contributed by atoms with Crippen molar-refractivity contribution in [3.05, 3.63) is 0 Å². The quantitative estimate of drug-likeness (QED) is 0.229. The zero-order valence-corrected chi connectivity index (χ0v) is 5.68. The van der Waals surface area contributed by atoms with Crippen molar-refractivity contribution in [3.8, 4) is 0 Å². The van der Waals surface area contributed by atoms with Crippen molar-refractivity contribution in [2.75, 3.05) is 0 Å². The molecule has 8 nitrogen and oxygen atoms in total. The number of hydrogen-bond donors (Lipinski definition) is 2. The van der Waals surface area contributed by atoms with Gasteiger partial charge in [0.15, 0.2) is 0 Å². The van der Waals surface area contributed by atoms with Crippen LogP contribution in [0, 0.1) is 0 Å². The Balaban J connectivity index is 3.07. The number of hydrogen-bond acceptors (Lipinski definition) is 6. The first kappa shape index (κ1) is 8.30. The average Bonchev–Trinajstić information content (AvgIpc) is 2.08. The third-order valence-electron chi connectivity index (χ3n) is 1.24.